The van der Waals surface area contributed by atoms with E-state index in [9.17, 15) is 0 Å². The van der Waals surface area contributed by atoms with Gasteiger partial charge in [0.25, 0.3) is 0 Å². The molecule has 0 amide bonds. The monoisotopic (exact) mass is 582 g/mol. The van der Waals surface area contributed by atoms with Crippen molar-refractivity contribution in [3.63, 3.8) is 0 Å². The van der Waals surface area contributed by atoms with Gasteiger partial charge in [0.05, 0.1) is 0 Å². The molecule has 4 aliphatic heterocycles. The Hall–Kier alpha value is -3.29. The van der Waals surface area contributed by atoms with Crippen molar-refractivity contribution in [2.24, 2.45) is 0 Å². The van der Waals surface area contributed by atoms with Crippen LogP contribution in [0.3, 0.4) is 0 Å². The van der Waals surface area contributed by atoms with Gasteiger partial charge in [0.2, 0.25) is 0 Å². The molecule has 210 valence electrons. The minimum atomic E-state index is -3.34. The van der Waals surface area contributed by atoms with Gasteiger partial charge < -0.3 is 0 Å². The van der Waals surface area contributed by atoms with E-state index in [1.54, 1.807) is 15.6 Å². The molecule has 1 spiro atoms. The van der Waals surface area contributed by atoms with Crippen LogP contribution in [0.2, 0.25) is 0 Å². The molecule has 1 fully saturated rings. The summed E-state index contributed by atoms with van der Waals surface area (Å²) >= 11 is 0. The third kappa shape index (κ3) is 2.74. The zero-order valence-electron chi connectivity index (χ0n) is 25.7. The Balaban J connectivity index is 1.64. The summed E-state index contributed by atoms with van der Waals surface area (Å²) in [5, 5.41) is 10.7. The van der Waals surface area contributed by atoms with Crippen LogP contribution in [0.25, 0.3) is 0 Å². The Kier molecular flexibility index (Phi) is 5.28. The van der Waals surface area contributed by atoms with E-state index in [4.69, 9.17) is 4.52 Å². The predicted molar refractivity (Wildman–Crippen MR) is 184 cm³/mol. The molecule has 1 nitrogen and oxygen atoms in total. The maximum atomic E-state index is 7.94. The molecule has 0 unspecified atom stereocenters. The van der Waals surface area contributed by atoms with Crippen molar-refractivity contribution in [2.45, 2.75) is 60.2 Å². The summed E-state index contributed by atoms with van der Waals surface area (Å²) in [5.74, 6) is 0. The standard InChI is InChI=1S/C39H39OPSi/c1-24-18-33-36(21-27(24)4)42(32-16-12-9-13-17-32)37-22-28(5)25(2)19-34(37)41(33,35-20-26(3)29(6)23-38(35)42)30(7)39(40-41)31-14-10-8-11-15-31/h8-23,30,39H,1-7H3/t30-,39-/m1/s1. The van der Waals surface area contributed by atoms with Crippen LogP contribution in [-0.2, 0) is 4.52 Å². The first-order valence-corrected chi connectivity index (χ1v) is 19.6. The molecule has 0 radical (unpaired) electrons. The molecule has 2 atom stereocenters. The van der Waals surface area contributed by atoms with Gasteiger partial charge in [-0.25, -0.2) is 0 Å². The third-order valence-corrected chi connectivity index (χ3v) is 23.3. The molecule has 1 saturated heterocycles. The molecular formula is C39H39OPSi. The molecule has 0 saturated carbocycles. The van der Waals surface area contributed by atoms with Crippen LogP contribution in [-0.4, -0.2) is 13.7 Å². The molecule has 3 heteroatoms. The molecule has 4 heterocycles. The minimum absolute atomic E-state index is 0.0613. The molecule has 0 aromatic heterocycles. The summed E-state index contributed by atoms with van der Waals surface area (Å²) in [7, 11) is -2.65. The van der Waals surface area contributed by atoms with Gasteiger partial charge in [-0.1, -0.05) is 0 Å². The van der Waals surface area contributed by atoms with Gasteiger partial charge >= 0.3 is 252 Å². The van der Waals surface area contributed by atoms with Crippen LogP contribution in [0, 0.1) is 41.5 Å². The second-order valence-corrected chi connectivity index (χ2v) is 21.6. The predicted octanol–water partition coefficient (Wildman–Crippen LogP) is 5.45. The van der Waals surface area contributed by atoms with Gasteiger partial charge in [-0.15, -0.1) is 0 Å². The topological polar surface area (TPSA) is 9.23 Å². The second-order valence-electron chi connectivity index (χ2n) is 13.3. The molecule has 2 bridgehead atoms. The van der Waals surface area contributed by atoms with Crippen LogP contribution in [0.15, 0.2) is 97.1 Å². The van der Waals surface area contributed by atoms with E-state index >= 15 is 0 Å². The van der Waals surface area contributed by atoms with Crippen molar-refractivity contribution in [2.75, 3.05) is 0 Å². The van der Waals surface area contributed by atoms with Crippen molar-refractivity contribution in [1.29, 1.82) is 0 Å². The fraction of sp³-hybridized carbons (Fsp3) is 0.231. The van der Waals surface area contributed by atoms with E-state index in [2.05, 4.69) is 146 Å². The fourth-order valence-corrected chi connectivity index (χ4v) is 24.4. The Morgan fingerprint density at radius 2 is 0.905 bits per heavy atom. The zero-order chi connectivity index (χ0) is 29.2. The van der Waals surface area contributed by atoms with Crippen molar-refractivity contribution < 1.29 is 4.52 Å². The number of aryl methyl sites for hydroxylation is 6. The number of rotatable bonds is 2. The van der Waals surface area contributed by atoms with Crippen LogP contribution in [0.5, 0.6) is 0 Å². The number of benzene rings is 5. The van der Waals surface area contributed by atoms with Gasteiger partial charge in [-0.2, -0.15) is 0 Å². The Labute approximate surface area is 251 Å². The summed E-state index contributed by atoms with van der Waals surface area (Å²) in [4.78, 5) is 0. The summed E-state index contributed by atoms with van der Waals surface area (Å²) in [5.41, 5.74) is 9.86. The van der Waals surface area contributed by atoms with Crippen LogP contribution < -0.4 is 36.7 Å². The molecule has 4 aliphatic rings. The van der Waals surface area contributed by atoms with Crippen molar-refractivity contribution in [1.82, 2.24) is 0 Å². The first kappa shape index (κ1) is 26.3. The average molecular weight is 583 g/mol. The van der Waals surface area contributed by atoms with Gasteiger partial charge in [0.15, 0.2) is 0 Å². The Morgan fingerprint density at radius 3 is 1.31 bits per heavy atom. The molecule has 0 N–H and O–H groups in total. The molecule has 5 aromatic rings. The summed E-state index contributed by atoms with van der Waals surface area (Å²) < 4.78 is 7.94. The molecule has 0 aliphatic carbocycles. The average Bonchev–Trinajstić information content (AvgIpc) is 2.99. The van der Waals surface area contributed by atoms with Crippen molar-refractivity contribution in [3.8, 4) is 0 Å². The van der Waals surface area contributed by atoms with E-state index in [1.807, 2.05) is 0 Å². The molecule has 9 rings (SSSR count). The molecule has 5 aromatic carbocycles. The second kappa shape index (κ2) is 8.41. The number of hydrogen-bond donors (Lipinski definition) is 0. The normalized spacial score (nSPS) is 24.6. The zero-order valence-corrected chi connectivity index (χ0v) is 27.6. The maximum absolute atomic E-state index is 7.94. The van der Waals surface area contributed by atoms with Crippen LogP contribution in [0.4, 0.5) is 0 Å². The van der Waals surface area contributed by atoms with Crippen LogP contribution in [0.1, 0.15) is 52.0 Å². The van der Waals surface area contributed by atoms with E-state index in [0.717, 1.165) is 0 Å². The third-order valence-electron chi connectivity index (χ3n) is 11.4. The fourth-order valence-electron chi connectivity index (χ4n) is 8.81. The van der Waals surface area contributed by atoms with Gasteiger partial charge in [0.1, 0.15) is 0 Å². The quantitative estimate of drug-likeness (QED) is 0.199. The Bertz CT molecular complexity index is 1810. The van der Waals surface area contributed by atoms with Gasteiger partial charge in [-0.3, -0.25) is 0 Å². The van der Waals surface area contributed by atoms with E-state index in [0.29, 0.717) is 5.66 Å². The summed E-state index contributed by atoms with van der Waals surface area (Å²) in [6.45, 7) is 13.0. The van der Waals surface area contributed by atoms with E-state index < -0.39 is 14.9 Å². The van der Waals surface area contributed by atoms with Crippen molar-refractivity contribution in [3.05, 3.63) is 136 Å². The SMILES string of the molecule is Cc1cc2c(cc1C)P13(O[C@@H](c4ccccc4)[C@H]1C)c1cc(C)c(C)cc1[Si]2(c1ccccc1)c1cc(C)c(C)cc13. The van der Waals surface area contributed by atoms with Crippen molar-refractivity contribution >= 4 is 51.6 Å². The first-order chi connectivity index (χ1) is 20.2. The number of hydrogen-bond acceptors (Lipinski definition) is 1. The molecule has 42 heavy (non-hydrogen) atoms. The Morgan fingerprint density at radius 1 is 0.524 bits per heavy atom. The van der Waals surface area contributed by atoms with Gasteiger partial charge in [0, 0.05) is 0 Å². The van der Waals surface area contributed by atoms with E-state index in [-0.39, 0.29) is 6.10 Å². The summed E-state index contributed by atoms with van der Waals surface area (Å²) in [6, 6.07) is 37.9. The van der Waals surface area contributed by atoms with Gasteiger partial charge in [-0.05, 0) is 0 Å². The first-order valence-electron chi connectivity index (χ1n) is 15.3. The summed E-state index contributed by atoms with van der Waals surface area (Å²) in [6.07, 6.45) is 0.0613. The molecular weight excluding hydrogens is 543 g/mol. The van der Waals surface area contributed by atoms with E-state index in [1.165, 1.54) is 60.0 Å². The van der Waals surface area contributed by atoms with Crippen LogP contribution >= 0.6 is 6.83 Å².